The third-order valence-corrected chi connectivity index (χ3v) is 4.30. The lowest BCUT2D eigenvalue weighted by Crippen LogP contribution is -2.49. The van der Waals surface area contributed by atoms with E-state index in [4.69, 9.17) is 4.74 Å². The van der Waals surface area contributed by atoms with Crippen LogP contribution in [-0.2, 0) is 0 Å². The van der Waals surface area contributed by atoms with Gasteiger partial charge in [-0.1, -0.05) is 19.9 Å². The van der Waals surface area contributed by atoms with E-state index in [1.807, 2.05) is 0 Å². The Hall–Kier alpha value is -1.42. The van der Waals surface area contributed by atoms with Gasteiger partial charge in [0.2, 0.25) is 0 Å². The van der Waals surface area contributed by atoms with Crippen molar-refractivity contribution in [1.29, 1.82) is 0 Å². The number of hydrogen-bond acceptors (Lipinski definition) is 4. The fourth-order valence-electron chi connectivity index (χ4n) is 3.54. The first-order chi connectivity index (χ1) is 10.5. The summed E-state index contributed by atoms with van der Waals surface area (Å²) in [6.45, 7) is 15.2. The molecule has 1 saturated heterocycles. The molecule has 1 fully saturated rings. The van der Waals surface area contributed by atoms with Gasteiger partial charge in [-0.05, 0) is 31.9 Å². The summed E-state index contributed by atoms with van der Waals surface area (Å²) < 4.78 is 6.28. The molecule has 122 valence electrons. The van der Waals surface area contributed by atoms with Crippen molar-refractivity contribution in [3.8, 4) is 5.75 Å². The van der Waals surface area contributed by atoms with E-state index in [0.717, 1.165) is 45.0 Å². The molecule has 0 aromatic heterocycles. The number of hydrogen-bond donors (Lipinski definition) is 1. The molecule has 0 radical (unpaired) electrons. The maximum atomic E-state index is 6.28. The predicted molar refractivity (Wildman–Crippen MR) is 93.3 cm³/mol. The van der Waals surface area contributed by atoms with Crippen molar-refractivity contribution < 1.29 is 4.74 Å². The minimum Gasteiger partial charge on any atom is -0.484 e. The number of nitrogens with zero attached hydrogens (tertiary/aromatic N) is 2. The van der Waals surface area contributed by atoms with Crippen LogP contribution in [0.25, 0.3) is 0 Å². The molecule has 2 heterocycles. The van der Waals surface area contributed by atoms with Gasteiger partial charge >= 0.3 is 0 Å². The van der Waals surface area contributed by atoms with Crippen LogP contribution in [0.4, 0.5) is 11.4 Å². The zero-order valence-corrected chi connectivity index (χ0v) is 14.4. The number of para-hydroxylation sites is 1. The smallest absolute Gasteiger partial charge is 0.145 e. The first-order valence-electron chi connectivity index (χ1n) is 8.49. The zero-order valence-electron chi connectivity index (χ0n) is 14.4. The molecule has 0 bridgehead atoms. The first kappa shape index (κ1) is 15.5. The van der Waals surface area contributed by atoms with Crippen LogP contribution in [0.5, 0.6) is 5.75 Å². The summed E-state index contributed by atoms with van der Waals surface area (Å²) >= 11 is 0. The minimum absolute atomic E-state index is 0.135. The van der Waals surface area contributed by atoms with Crippen LogP contribution in [0.15, 0.2) is 18.2 Å². The summed E-state index contributed by atoms with van der Waals surface area (Å²) in [5.74, 6) is 1.67. The van der Waals surface area contributed by atoms with Crippen molar-refractivity contribution in [2.75, 3.05) is 49.1 Å². The lowest BCUT2D eigenvalue weighted by Gasteiger charge is -2.44. The van der Waals surface area contributed by atoms with Gasteiger partial charge in [0, 0.05) is 32.7 Å². The summed E-state index contributed by atoms with van der Waals surface area (Å²) in [6.07, 6.45) is 0. The third-order valence-electron chi connectivity index (χ3n) is 4.30. The zero-order chi connectivity index (χ0) is 15.7. The molecule has 0 spiro atoms. The highest BCUT2D eigenvalue weighted by atomic mass is 16.5. The molecule has 2 aliphatic heterocycles. The quantitative estimate of drug-likeness (QED) is 0.929. The van der Waals surface area contributed by atoms with Crippen molar-refractivity contribution in [2.24, 2.45) is 5.92 Å². The fraction of sp³-hybridized carbons (Fsp3) is 0.667. The van der Waals surface area contributed by atoms with Gasteiger partial charge in [0.05, 0.1) is 12.2 Å². The van der Waals surface area contributed by atoms with Gasteiger partial charge in [-0.2, -0.15) is 0 Å². The average Bonchev–Trinajstić information content (AvgIpc) is 2.45. The molecular weight excluding hydrogens is 274 g/mol. The van der Waals surface area contributed by atoms with E-state index >= 15 is 0 Å². The second kappa shape index (κ2) is 5.99. The Labute approximate surface area is 134 Å². The van der Waals surface area contributed by atoms with Crippen LogP contribution in [0.1, 0.15) is 27.7 Å². The van der Waals surface area contributed by atoms with E-state index in [1.54, 1.807) is 0 Å². The Kier molecular flexibility index (Phi) is 4.22. The lowest BCUT2D eigenvalue weighted by atomic mass is 10.0. The Bertz CT molecular complexity index is 521. The summed E-state index contributed by atoms with van der Waals surface area (Å²) in [7, 11) is 0. The van der Waals surface area contributed by atoms with E-state index < -0.39 is 0 Å². The molecule has 4 heteroatoms. The highest BCUT2D eigenvalue weighted by Gasteiger charge is 2.34. The van der Waals surface area contributed by atoms with Crippen molar-refractivity contribution in [1.82, 2.24) is 5.32 Å². The molecule has 0 aliphatic carbocycles. The molecule has 2 aliphatic rings. The number of piperazine rings is 1. The molecule has 1 N–H and O–H groups in total. The van der Waals surface area contributed by atoms with Crippen LogP contribution < -0.4 is 19.9 Å². The molecule has 0 saturated carbocycles. The van der Waals surface area contributed by atoms with Crippen molar-refractivity contribution in [3.63, 3.8) is 0 Å². The summed E-state index contributed by atoms with van der Waals surface area (Å²) in [5.41, 5.74) is 2.48. The van der Waals surface area contributed by atoms with Crippen LogP contribution in [0, 0.1) is 5.92 Å². The van der Waals surface area contributed by atoms with E-state index in [9.17, 15) is 0 Å². The van der Waals surface area contributed by atoms with Crippen LogP contribution in [-0.4, -0.2) is 44.9 Å². The molecule has 1 aromatic carbocycles. The molecular formula is C18H29N3O. The van der Waals surface area contributed by atoms with Crippen molar-refractivity contribution in [3.05, 3.63) is 18.2 Å². The van der Waals surface area contributed by atoms with E-state index in [2.05, 4.69) is 61.0 Å². The van der Waals surface area contributed by atoms with Gasteiger partial charge in [-0.3, -0.25) is 0 Å². The maximum absolute atomic E-state index is 6.28. The second-order valence-corrected chi connectivity index (χ2v) is 7.50. The van der Waals surface area contributed by atoms with Gasteiger partial charge in [0.15, 0.2) is 0 Å². The summed E-state index contributed by atoms with van der Waals surface area (Å²) in [6, 6.07) is 6.50. The second-order valence-electron chi connectivity index (χ2n) is 7.50. The van der Waals surface area contributed by atoms with Gasteiger partial charge in [-0.25, -0.2) is 0 Å². The normalized spacial score (nSPS) is 20.8. The summed E-state index contributed by atoms with van der Waals surface area (Å²) in [4.78, 5) is 5.02. The van der Waals surface area contributed by atoms with Crippen LogP contribution in [0.3, 0.4) is 0 Å². The Morgan fingerprint density at radius 2 is 1.95 bits per heavy atom. The monoisotopic (exact) mass is 303 g/mol. The van der Waals surface area contributed by atoms with E-state index in [-0.39, 0.29) is 5.60 Å². The number of fused-ring (bicyclic) bond motifs is 1. The first-order valence-corrected chi connectivity index (χ1v) is 8.49. The Morgan fingerprint density at radius 3 is 2.64 bits per heavy atom. The number of rotatable bonds is 3. The highest BCUT2D eigenvalue weighted by Crippen LogP contribution is 2.44. The van der Waals surface area contributed by atoms with E-state index in [1.165, 1.54) is 11.4 Å². The largest absolute Gasteiger partial charge is 0.484 e. The van der Waals surface area contributed by atoms with E-state index in [0.29, 0.717) is 5.92 Å². The number of anilines is 2. The van der Waals surface area contributed by atoms with Crippen LogP contribution in [0.2, 0.25) is 0 Å². The SMILES string of the molecule is CC(C)CN1CC(C)(C)Oc2cccc(N3CCNCC3)c21. The molecule has 1 aromatic rings. The maximum Gasteiger partial charge on any atom is 0.145 e. The van der Waals surface area contributed by atoms with Gasteiger partial charge in [0.1, 0.15) is 17.0 Å². The minimum atomic E-state index is -0.135. The van der Waals surface area contributed by atoms with Crippen LogP contribution >= 0.6 is 0 Å². The molecule has 4 nitrogen and oxygen atoms in total. The van der Waals surface area contributed by atoms with Gasteiger partial charge in [-0.15, -0.1) is 0 Å². The van der Waals surface area contributed by atoms with Crippen molar-refractivity contribution >= 4 is 11.4 Å². The fourth-order valence-corrected chi connectivity index (χ4v) is 3.54. The number of nitrogens with one attached hydrogen (secondary N) is 1. The van der Waals surface area contributed by atoms with Gasteiger partial charge < -0.3 is 19.9 Å². The molecule has 0 atom stereocenters. The summed E-state index contributed by atoms with van der Waals surface area (Å²) in [5, 5.41) is 3.43. The average molecular weight is 303 g/mol. The Balaban J connectivity index is 2.00. The highest BCUT2D eigenvalue weighted by molar-refractivity contribution is 5.79. The number of benzene rings is 1. The molecule has 3 rings (SSSR count). The molecule has 0 unspecified atom stereocenters. The molecule has 22 heavy (non-hydrogen) atoms. The lowest BCUT2D eigenvalue weighted by molar-refractivity contribution is 0.104. The predicted octanol–water partition coefficient (Wildman–Crippen LogP) is 2.73. The third kappa shape index (κ3) is 3.17. The van der Waals surface area contributed by atoms with Crippen molar-refractivity contribution in [2.45, 2.75) is 33.3 Å². The van der Waals surface area contributed by atoms with Gasteiger partial charge in [0.25, 0.3) is 0 Å². The Morgan fingerprint density at radius 1 is 1.23 bits per heavy atom. The number of ether oxygens (including phenoxy) is 1. The topological polar surface area (TPSA) is 27.7 Å². The molecule has 0 amide bonds. The standard InChI is InChI=1S/C18H29N3O/c1-14(2)12-21-13-18(3,4)22-16-7-5-6-15(17(16)21)20-10-8-19-9-11-20/h5-7,14,19H,8-13H2,1-4H3.